The zero-order valence-electron chi connectivity index (χ0n) is 10.7. The average molecular weight is 242 g/mol. The van der Waals surface area contributed by atoms with Crippen LogP contribution in [0.15, 0.2) is 0 Å². The molecule has 2 aliphatic rings. The van der Waals surface area contributed by atoms with E-state index in [0.29, 0.717) is 0 Å². The van der Waals surface area contributed by atoms with E-state index in [1.807, 2.05) is 0 Å². The molecule has 1 heterocycles. The van der Waals surface area contributed by atoms with E-state index < -0.39 is 0 Å². The first kappa shape index (κ1) is 12.7. The fraction of sp³-hybridized carbons (Fsp3) is 1.00. The molecule has 0 amide bonds. The third-order valence-electron chi connectivity index (χ3n) is 4.20. The lowest BCUT2D eigenvalue weighted by molar-refractivity contribution is 0.211. The number of hydrogen-bond acceptors (Lipinski definition) is 3. The molecule has 0 bridgehead atoms. The Morgan fingerprint density at radius 1 is 1.25 bits per heavy atom. The fourth-order valence-corrected chi connectivity index (χ4v) is 4.02. The molecule has 0 aromatic heterocycles. The Morgan fingerprint density at radius 3 is 2.75 bits per heavy atom. The first-order valence-electron chi connectivity index (χ1n) is 6.86. The summed E-state index contributed by atoms with van der Waals surface area (Å²) in [6.45, 7) is 8.45. The molecule has 0 aromatic carbocycles. The van der Waals surface area contributed by atoms with Crippen LogP contribution < -0.4 is 5.32 Å². The van der Waals surface area contributed by atoms with E-state index >= 15 is 0 Å². The Morgan fingerprint density at radius 2 is 2.00 bits per heavy atom. The maximum Gasteiger partial charge on any atom is 0.0184 e. The maximum atomic E-state index is 3.72. The average Bonchev–Trinajstić information content (AvgIpc) is 2.77. The molecule has 1 saturated heterocycles. The topological polar surface area (TPSA) is 15.3 Å². The Labute approximate surface area is 105 Å². The molecule has 1 saturated carbocycles. The van der Waals surface area contributed by atoms with Crippen molar-refractivity contribution in [2.75, 3.05) is 25.4 Å². The van der Waals surface area contributed by atoms with Crippen LogP contribution in [0.4, 0.5) is 0 Å². The van der Waals surface area contributed by atoms with E-state index in [4.69, 9.17) is 0 Å². The summed E-state index contributed by atoms with van der Waals surface area (Å²) in [6, 6.07) is 1.58. The molecule has 1 N–H and O–H groups in total. The second-order valence-corrected chi connectivity index (χ2v) is 6.77. The summed E-state index contributed by atoms with van der Waals surface area (Å²) >= 11 is 2.13. The molecule has 3 heteroatoms. The summed E-state index contributed by atoms with van der Waals surface area (Å²) in [5.41, 5.74) is 0. The van der Waals surface area contributed by atoms with Crippen molar-refractivity contribution in [1.82, 2.24) is 10.2 Å². The Balaban J connectivity index is 1.64. The van der Waals surface area contributed by atoms with Crippen molar-refractivity contribution in [2.45, 2.75) is 56.9 Å². The molecule has 16 heavy (non-hydrogen) atoms. The quantitative estimate of drug-likeness (QED) is 0.814. The van der Waals surface area contributed by atoms with Crippen LogP contribution in [0, 0.1) is 0 Å². The molecular formula is C13H26N2S. The first-order chi connectivity index (χ1) is 7.77. The Kier molecular flexibility index (Phi) is 4.98. The van der Waals surface area contributed by atoms with Crippen molar-refractivity contribution in [2.24, 2.45) is 0 Å². The molecule has 2 nitrogen and oxygen atoms in total. The molecular weight excluding hydrogens is 216 g/mol. The summed E-state index contributed by atoms with van der Waals surface area (Å²) in [5.74, 6) is 1.31. The number of hydrogen-bond donors (Lipinski definition) is 1. The zero-order valence-corrected chi connectivity index (χ0v) is 11.6. The molecule has 0 aromatic rings. The minimum Gasteiger partial charge on any atom is -0.313 e. The van der Waals surface area contributed by atoms with Gasteiger partial charge in [-0.15, -0.1) is 0 Å². The number of rotatable bonds is 4. The minimum absolute atomic E-state index is 0.754. The van der Waals surface area contributed by atoms with E-state index in [0.717, 1.165) is 17.3 Å². The van der Waals surface area contributed by atoms with Gasteiger partial charge < -0.3 is 5.32 Å². The molecule has 2 atom stereocenters. The van der Waals surface area contributed by atoms with Crippen molar-refractivity contribution in [3.63, 3.8) is 0 Å². The molecule has 2 unspecified atom stereocenters. The normalized spacial score (nSPS) is 33.4. The van der Waals surface area contributed by atoms with Crippen molar-refractivity contribution in [1.29, 1.82) is 0 Å². The standard InChI is InChI=1S/C13H26N2S/c1-11-12(2)16-10-9-15(11)8-7-14-13-5-3-4-6-13/h11-14H,3-10H2,1-2H3. The molecule has 0 radical (unpaired) electrons. The largest absolute Gasteiger partial charge is 0.313 e. The summed E-state index contributed by atoms with van der Waals surface area (Å²) in [5, 5.41) is 4.52. The van der Waals surface area contributed by atoms with Gasteiger partial charge in [-0.3, -0.25) is 4.90 Å². The molecule has 2 fully saturated rings. The molecule has 0 spiro atoms. The molecule has 1 aliphatic carbocycles. The van der Waals surface area contributed by atoms with Gasteiger partial charge in [-0.25, -0.2) is 0 Å². The summed E-state index contributed by atoms with van der Waals surface area (Å²) in [4.78, 5) is 2.66. The highest BCUT2D eigenvalue weighted by Gasteiger charge is 2.24. The number of thioether (sulfide) groups is 1. The maximum absolute atomic E-state index is 3.72. The van der Waals surface area contributed by atoms with Gasteiger partial charge in [-0.1, -0.05) is 19.8 Å². The third kappa shape index (κ3) is 3.38. The smallest absolute Gasteiger partial charge is 0.0184 e. The second kappa shape index (κ2) is 6.27. The van der Waals surface area contributed by atoms with Gasteiger partial charge in [0.15, 0.2) is 0 Å². The minimum atomic E-state index is 0.754. The van der Waals surface area contributed by atoms with Gasteiger partial charge in [0, 0.05) is 42.7 Å². The van der Waals surface area contributed by atoms with Crippen LogP contribution in [0.2, 0.25) is 0 Å². The highest BCUT2D eigenvalue weighted by Crippen LogP contribution is 2.23. The van der Waals surface area contributed by atoms with E-state index in [2.05, 4.69) is 35.8 Å². The van der Waals surface area contributed by atoms with Gasteiger partial charge in [-0.2, -0.15) is 11.8 Å². The molecule has 1 aliphatic heterocycles. The zero-order chi connectivity index (χ0) is 11.4. The summed E-state index contributed by atoms with van der Waals surface area (Å²) in [6.07, 6.45) is 5.68. The van der Waals surface area contributed by atoms with E-state index in [1.54, 1.807) is 0 Å². The SMILES string of the molecule is CC1SCCN(CCNC2CCCC2)C1C. The van der Waals surface area contributed by atoms with Gasteiger partial charge in [0.25, 0.3) is 0 Å². The van der Waals surface area contributed by atoms with Crippen LogP contribution in [0.5, 0.6) is 0 Å². The van der Waals surface area contributed by atoms with Gasteiger partial charge >= 0.3 is 0 Å². The lowest BCUT2D eigenvalue weighted by Gasteiger charge is -2.37. The van der Waals surface area contributed by atoms with Crippen LogP contribution in [0.3, 0.4) is 0 Å². The summed E-state index contributed by atoms with van der Waals surface area (Å²) in [7, 11) is 0. The lowest BCUT2D eigenvalue weighted by atomic mass is 10.2. The fourth-order valence-electron chi connectivity index (χ4n) is 2.85. The van der Waals surface area contributed by atoms with Crippen molar-refractivity contribution in [3.8, 4) is 0 Å². The first-order valence-corrected chi connectivity index (χ1v) is 7.91. The second-order valence-electron chi connectivity index (χ2n) is 5.29. The highest BCUT2D eigenvalue weighted by atomic mass is 32.2. The van der Waals surface area contributed by atoms with E-state index in [-0.39, 0.29) is 0 Å². The van der Waals surface area contributed by atoms with Gasteiger partial charge in [-0.05, 0) is 19.8 Å². The van der Waals surface area contributed by atoms with E-state index in [1.165, 1.54) is 51.1 Å². The van der Waals surface area contributed by atoms with Crippen LogP contribution >= 0.6 is 11.8 Å². The molecule has 2 rings (SSSR count). The highest BCUT2D eigenvalue weighted by molar-refractivity contribution is 8.00. The Hall–Kier alpha value is 0.270. The number of nitrogens with one attached hydrogen (secondary N) is 1. The van der Waals surface area contributed by atoms with Crippen molar-refractivity contribution >= 4 is 11.8 Å². The number of nitrogens with zero attached hydrogens (tertiary/aromatic N) is 1. The third-order valence-corrected chi connectivity index (χ3v) is 5.54. The lowest BCUT2D eigenvalue weighted by Crippen LogP contribution is -2.47. The van der Waals surface area contributed by atoms with Crippen molar-refractivity contribution in [3.05, 3.63) is 0 Å². The van der Waals surface area contributed by atoms with Crippen LogP contribution in [-0.4, -0.2) is 47.6 Å². The van der Waals surface area contributed by atoms with Crippen LogP contribution in [0.25, 0.3) is 0 Å². The predicted octanol–water partition coefficient (Wildman–Crippen LogP) is 2.34. The van der Waals surface area contributed by atoms with Crippen LogP contribution in [-0.2, 0) is 0 Å². The van der Waals surface area contributed by atoms with E-state index in [9.17, 15) is 0 Å². The monoisotopic (exact) mass is 242 g/mol. The van der Waals surface area contributed by atoms with Gasteiger partial charge in [0.1, 0.15) is 0 Å². The molecule has 94 valence electrons. The predicted molar refractivity (Wildman–Crippen MR) is 73.2 cm³/mol. The van der Waals surface area contributed by atoms with Crippen LogP contribution in [0.1, 0.15) is 39.5 Å². The van der Waals surface area contributed by atoms with Gasteiger partial charge in [0.05, 0.1) is 0 Å². The Bertz CT molecular complexity index is 204. The summed E-state index contributed by atoms with van der Waals surface area (Å²) < 4.78 is 0. The van der Waals surface area contributed by atoms with Crippen molar-refractivity contribution < 1.29 is 0 Å². The van der Waals surface area contributed by atoms with Gasteiger partial charge in [0.2, 0.25) is 0 Å².